The number of nitrogens with one attached hydrogen (secondary N) is 2. The summed E-state index contributed by atoms with van der Waals surface area (Å²) in [4.78, 5) is 12.0. The van der Waals surface area contributed by atoms with Gasteiger partial charge in [0.15, 0.2) is 0 Å². The van der Waals surface area contributed by atoms with Crippen LogP contribution in [0.25, 0.3) is 0 Å². The fourth-order valence-corrected chi connectivity index (χ4v) is 2.69. The van der Waals surface area contributed by atoms with Gasteiger partial charge < -0.3 is 10.6 Å². The highest BCUT2D eigenvalue weighted by Gasteiger charge is 2.23. The lowest BCUT2D eigenvalue weighted by Crippen LogP contribution is -2.41. The second kappa shape index (κ2) is 7.00. The maximum Gasteiger partial charge on any atom is 0.223 e. The van der Waals surface area contributed by atoms with Crippen LogP contribution in [-0.2, 0) is 4.79 Å². The number of rotatable bonds is 5. The first-order valence-corrected chi connectivity index (χ1v) is 7.00. The second-order valence-electron chi connectivity index (χ2n) is 5.92. The summed E-state index contributed by atoms with van der Waals surface area (Å²) in [5.74, 6) is 2.33. The second-order valence-corrected chi connectivity index (χ2v) is 5.92. The molecule has 0 unspecified atom stereocenters. The summed E-state index contributed by atoms with van der Waals surface area (Å²) in [5.41, 5.74) is 0. The van der Waals surface area contributed by atoms with Gasteiger partial charge in [0.05, 0.1) is 0 Å². The highest BCUT2D eigenvalue weighted by molar-refractivity contribution is 5.78. The highest BCUT2D eigenvalue weighted by Crippen LogP contribution is 2.20. The Bertz CT molecular complexity index is 224. The molecule has 0 aromatic heterocycles. The van der Waals surface area contributed by atoms with Crippen LogP contribution in [-0.4, -0.2) is 25.5 Å². The summed E-state index contributed by atoms with van der Waals surface area (Å²) in [6.45, 7) is 11.7. The number of carbonyl (C=O) groups is 1. The maximum absolute atomic E-state index is 12.0. The zero-order valence-electron chi connectivity index (χ0n) is 11.8. The minimum atomic E-state index is 0.233. The van der Waals surface area contributed by atoms with E-state index in [-0.39, 0.29) is 11.8 Å². The van der Waals surface area contributed by atoms with E-state index in [9.17, 15) is 4.79 Å². The molecule has 1 fully saturated rings. The van der Waals surface area contributed by atoms with Crippen LogP contribution in [0, 0.1) is 23.7 Å². The molecule has 0 aliphatic carbocycles. The molecular weight excluding hydrogens is 212 g/mol. The molecule has 0 saturated carbocycles. The van der Waals surface area contributed by atoms with E-state index in [4.69, 9.17) is 0 Å². The summed E-state index contributed by atoms with van der Waals surface area (Å²) in [5, 5.41) is 6.44. The quantitative estimate of drug-likeness (QED) is 0.772. The molecule has 100 valence electrons. The third-order valence-corrected chi connectivity index (χ3v) is 3.93. The molecule has 0 atom stereocenters. The predicted octanol–water partition coefficient (Wildman–Crippen LogP) is 2.03. The van der Waals surface area contributed by atoms with Crippen molar-refractivity contribution in [1.29, 1.82) is 0 Å². The van der Waals surface area contributed by atoms with Crippen molar-refractivity contribution in [2.24, 2.45) is 23.7 Å². The van der Waals surface area contributed by atoms with Gasteiger partial charge in [-0.1, -0.05) is 27.7 Å². The molecule has 0 aromatic rings. The summed E-state index contributed by atoms with van der Waals surface area (Å²) in [7, 11) is 0. The molecule has 0 aromatic carbocycles. The SMILES string of the molecule is CC(C)C(CNC(=O)C1CCNCC1)C(C)C. The van der Waals surface area contributed by atoms with Crippen LogP contribution >= 0.6 is 0 Å². The van der Waals surface area contributed by atoms with Crippen LogP contribution in [0.5, 0.6) is 0 Å². The Morgan fingerprint density at radius 3 is 2.18 bits per heavy atom. The molecule has 3 heteroatoms. The van der Waals surface area contributed by atoms with Crippen molar-refractivity contribution in [2.45, 2.75) is 40.5 Å². The first kappa shape index (κ1) is 14.5. The smallest absolute Gasteiger partial charge is 0.223 e. The van der Waals surface area contributed by atoms with E-state index in [2.05, 4.69) is 38.3 Å². The van der Waals surface area contributed by atoms with Gasteiger partial charge in [0.1, 0.15) is 0 Å². The van der Waals surface area contributed by atoms with Gasteiger partial charge in [0, 0.05) is 12.5 Å². The van der Waals surface area contributed by atoms with Crippen LogP contribution < -0.4 is 10.6 Å². The molecule has 0 radical (unpaired) electrons. The van der Waals surface area contributed by atoms with Crippen molar-refractivity contribution in [3.63, 3.8) is 0 Å². The number of carbonyl (C=O) groups excluding carboxylic acids is 1. The zero-order valence-corrected chi connectivity index (χ0v) is 11.8. The van der Waals surface area contributed by atoms with Gasteiger partial charge in [-0.3, -0.25) is 4.79 Å². The molecule has 1 saturated heterocycles. The maximum atomic E-state index is 12.0. The molecule has 1 aliphatic heterocycles. The van der Waals surface area contributed by atoms with Crippen LogP contribution in [0.15, 0.2) is 0 Å². The third kappa shape index (κ3) is 4.66. The first-order chi connectivity index (χ1) is 8.02. The highest BCUT2D eigenvalue weighted by atomic mass is 16.1. The number of piperidine rings is 1. The van der Waals surface area contributed by atoms with Crippen LogP contribution in [0.4, 0.5) is 0 Å². The Balaban J connectivity index is 2.35. The zero-order chi connectivity index (χ0) is 12.8. The van der Waals surface area contributed by atoms with E-state index in [0.717, 1.165) is 32.5 Å². The fourth-order valence-electron chi connectivity index (χ4n) is 2.69. The van der Waals surface area contributed by atoms with Crippen molar-refractivity contribution in [3.05, 3.63) is 0 Å². The minimum Gasteiger partial charge on any atom is -0.356 e. The van der Waals surface area contributed by atoms with Crippen molar-refractivity contribution < 1.29 is 4.79 Å². The van der Waals surface area contributed by atoms with E-state index < -0.39 is 0 Å². The third-order valence-electron chi connectivity index (χ3n) is 3.93. The Kier molecular flexibility index (Phi) is 5.96. The monoisotopic (exact) mass is 240 g/mol. The Morgan fingerprint density at radius 2 is 1.71 bits per heavy atom. The summed E-state index contributed by atoms with van der Waals surface area (Å²) in [6.07, 6.45) is 1.97. The van der Waals surface area contributed by atoms with Crippen molar-refractivity contribution in [1.82, 2.24) is 10.6 Å². The lowest BCUT2D eigenvalue weighted by Gasteiger charge is -2.27. The molecule has 1 heterocycles. The van der Waals surface area contributed by atoms with Crippen molar-refractivity contribution in [2.75, 3.05) is 19.6 Å². The van der Waals surface area contributed by atoms with Crippen LogP contribution in [0.1, 0.15) is 40.5 Å². The predicted molar refractivity (Wildman–Crippen MR) is 71.8 cm³/mol. The minimum absolute atomic E-state index is 0.233. The van der Waals surface area contributed by atoms with Gasteiger partial charge in [-0.2, -0.15) is 0 Å². The van der Waals surface area contributed by atoms with Gasteiger partial charge in [-0.15, -0.1) is 0 Å². The largest absolute Gasteiger partial charge is 0.356 e. The molecule has 0 spiro atoms. The average molecular weight is 240 g/mol. The number of hydrogen-bond donors (Lipinski definition) is 2. The van der Waals surface area contributed by atoms with E-state index >= 15 is 0 Å². The molecule has 2 N–H and O–H groups in total. The lowest BCUT2D eigenvalue weighted by atomic mass is 9.85. The average Bonchev–Trinajstić information content (AvgIpc) is 2.29. The molecule has 17 heavy (non-hydrogen) atoms. The summed E-state index contributed by atoms with van der Waals surface area (Å²) < 4.78 is 0. The van der Waals surface area contributed by atoms with Gasteiger partial charge >= 0.3 is 0 Å². The summed E-state index contributed by atoms with van der Waals surface area (Å²) in [6, 6.07) is 0. The topological polar surface area (TPSA) is 41.1 Å². The first-order valence-electron chi connectivity index (χ1n) is 7.00. The fraction of sp³-hybridized carbons (Fsp3) is 0.929. The summed E-state index contributed by atoms with van der Waals surface area (Å²) >= 11 is 0. The van der Waals surface area contributed by atoms with Crippen LogP contribution in [0.3, 0.4) is 0 Å². The molecule has 3 nitrogen and oxygen atoms in total. The van der Waals surface area contributed by atoms with Gasteiger partial charge in [0.25, 0.3) is 0 Å². The number of hydrogen-bond acceptors (Lipinski definition) is 2. The van der Waals surface area contributed by atoms with Crippen molar-refractivity contribution >= 4 is 5.91 Å². The standard InChI is InChI=1S/C14H28N2O/c1-10(2)13(11(3)4)9-16-14(17)12-5-7-15-8-6-12/h10-13,15H,5-9H2,1-4H3,(H,16,17). The molecule has 1 rings (SSSR count). The molecule has 1 aliphatic rings. The van der Waals surface area contributed by atoms with Gasteiger partial charge in [-0.25, -0.2) is 0 Å². The van der Waals surface area contributed by atoms with E-state index in [1.54, 1.807) is 0 Å². The van der Waals surface area contributed by atoms with E-state index in [0.29, 0.717) is 17.8 Å². The molecule has 0 bridgehead atoms. The Hall–Kier alpha value is -0.570. The Morgan fingerprint density at radius 1 is 1.18 bits per heavy atom. The Labute approximate surface area is 106 Å². The van der Waals surface area contributed by atoms with Crippen molar-refractivity contribution in [3.8, 4) is 0 Å². The molecule has 1 amide bonds. The van der Waals surface area contributed by atoms with Crippen LogP contribution in [0.2, 0.25) is 0 Å². The number of amides is 1. The van der Waals surface area contributed by atoms with E-state index in [1.807, 2.05) is 0 Å². The van der Waals surface area contributed by atoms with Gasteiger partial charge in [0.2, 0.25) is 5.91 Å². The lowest BCUT2D eigenvalue weighted by molar-refractivity contribution is -0.126. The van der Waals surface area contributed by atoms with Gasteiger partial charge in [-0.05, 0) is 43.7 Å². The normalized spacial score (nSPS) is 18.1. The van der Waals surface area contributed by atoms with E-state index in [1.165, 1.54) is 0 Å². The molecular formula is C14H28N2O.